The molecule has 4 nitrogen and oxygen atoms in total. The van der Waals surface area contributed by atoms with Gasteiger partial charge in [-0.1, -0.05) is 6.42 Å². The van der Waals surface area contributed by atoms with Crippen LogP contribution >= 0.6 is 10.7 Å². The maximum absolute atomic E-state index is 13.3. The molecule has 110 valence electrons. The fraction of sp³-hybridized carbons (Fsp3) is 0.462. The highest BCUT2D eigenvalue weighted by atomic mass is 35.7. The second-order valence-corrected chi connectivity index (χ2v) is 7.60. The Kier molecular flexibility index (Phi) is 4.34. The van der Waals surface area contributed by atoms with Crippen LogP contribution in [0.2, 0.25) is 0 Å². The van der Waals surface area contributed by atoms with Crippen LogP contribution in [0.5, 0.6) is 0 Å². The molecule has 1 aliphatic carbocycles. The van der Waals surface area contributed by atoms with Crippen molar-refractivity contribution in [3.63, 3.8) is 0 Å². The molecule has 1 aromatic rings. The fourth-order valence-corrected chi connectivity index (χ4v) is 3.28. The summed E-state index contributed by atoms with van der Waals surface area (Å²) in [5.74, 6) is -0.765. The van der Waals surface area contributed by atoms with Gasteiger partial charge in [0.2, 0.25) is 0 Å². The summed E-state index contributed by atoms with van der Waals surface area (Å²) in [4.78, 5) is 13.3. The van der Waals surface area contributed by atoms with Crippen LogP contribution in [-0.2, 0) is 9.05 Å². The number of carbonyl (C=O) groups is 1. The highest BCUT2D eigenvalue weighted by Gasteiger charge is 2.26. The van der Waals surface area contributed by atoms with Gasteiger partial charge >= 0.3 is 0 Å². The molecule has 1 aliphatic rings. The molecule has 0 atom stereocenters. The Balaban J connectivity index is 2.30. The second-order valence-electron chi connectivity index (χ2n) is 5.06. The molecule has 20 heavy (non-hydrogen) atoms. The molecule has 0 radical (unpaired) electrons. The molecule has 2 rings (SSSR count). The third kappa shape index (κ3) is 3.30. The van der Waals surface area contributed by atoms with Gasteiger partial charge in [-0.25, -0.2) is 12.8 Å². The highest BCUT2D eigenvalue weighted by Crippen LogP contribution is 2.28. The van der Waals surface area contributed by atoms with E-state index in [2.05, 4.69) is 0 Å². The Morgan fingerprint density at radius 2 is 2.10 bits per heavy atom. The zero-order chi connectivity index (χ0) is 14.9. The fourth-order valence-electron chi connectivity index (χ4n) is 2.23. The van der Waals surface area contributed by atoms with Crippen LogP contribution in [0.25, 0.3) is 0 Å². The number of hydrogen-bond acceptors (Lipinski definition) is 3. The number of nitrogens with zero attached hydrogens (tertiary/aromatic N) is 1. The summed E-state index contributed by atoms with van der Waals surface area (Å²) >= 11 is 0. The van der Waals surface area contributed by atoms with E-state index < -0.39 is 20.8 Å². The second kappa shape index (κ2) is 5.69. The number of benzene rings is 1. The Morgan fingerprint density at radius 1 is 1.45 bits per heavy atom. The lowest BCUT2D eigenvalue weighted by atomic mass is 9.85. The van der Waals surface area contributed by atoms with Crippen molar-refractivity contribution in [2.75, 3.05) is 13.6 Å². The van der Waals surface area contributed by atoms with Crippen molar-refractivity contribution in [3.8, 4) is 0 Å². The number of amides is 1. The van der Waals surface area contributed by atoms with Gasteiger partial charge in [-0.15, -0.1) is 0 Å². The van der Waals surface area contributed by atoms with Gasteiger partial charge in [-0.2, -0.15) is 0 Å². The molecule has 0 N–H and O–H groups in total. The summed E-state index contributed by atoms with van der Waals surface area (Å²) < 4.78 is 36.2. The molecular formula is C13H15ClFNO3S. The molecule has 1 aromatic carbocycles. The number of halogens is 2. The van der Waals surface area contributed by atoms with Crippen molar-refractivity contribution in [2.24, 2.45) is 5.92 Å². The molecule has 1 fully saturated rings. The van der Waals surface area contributed by atoms with E-state index in [4.69, 9.17) is 10.7 Å². The van der Waals surface area contributed by atoms with Gasteiger partial charge in [0.15, 0.2) is 0 Å². The normalized spacial score (nSPS) is 15.8. The Bertz CT molecular complexity index is 629. The molecule has 0 aromatic heterocycles. The molecule has 0 bridgehead atoms. The Hall–Kier alpha value is -1.14. The van der Waals surface area contributed by atoms with E-state index in [0.717, 1.165) is 37.5 Å². The quantitative estimate of drug-likeness (QED) is 0.802. The lowest BCUT2D eigenvalue weighted by Gasteiger charge is -2.30. The van der Waals surface area contributed by atoms with E-state index in [-0.39, 0.29) is 10.5 Å². The minimum Gasteiger partial charge on any atom is -0.341 e. The molecule has 0 unspecified atom stereocenters. The lowest BCUT2D eigenvalue weighted by molar-refractivity contribution is 0.0741. The first-order valence-corrected chi connectivity index (χ1v) is 8.59. The third-order valence-corrected chi connectivity index (χ3v) is 4.92. The zero-order valence-electron chi connectivity index (χ0n) is 11.0. The predicted molar refractivity (Wildman–Crippen MR) is 73.7 cm³/mol. The summed E-state index contributed by atoms with van der Waals surface area (Å²) in [6, 6.07) is 2.90. The topological polar surface area (TPSA) is 54.5 Å². The molecule has 1 saturated carbocycles. The zero-order valence-corrected chi connectivity index (χ0v) is 12.5. The van der Waals surface area contributed by atoms with Gasteiger partial charge in [-0.05, 0) is 37.0 Å². The number of carbonyl (C=O) groups excluding carboxylic acids is 1. The van der Waals surface area contributed by atoms with Gasteiger partial charge in [0.05, 0.1) is 10.5 Å². The minimum absolute atomic E-state index is 0.221. The van der Waals surface area contributed by atoms with Crippen LogP contribution in [0.15, 0.2) is 23.1 Å². The first-order valence-electron chi connectivity index (χ1n) is 6.28. The maximum atomic E-state index is 13.3. The molecule has 0 saturated heterocycles. The van der Waals surface area contributed by atoms with Crippen molar-refractivity contribution >= 4 is 25.6 Å². The standard InChI is InChI=1S/C13H15ClFNO3S/c1-16(8-9-3-2-4-9)13(17)11-7-10(15)5-6-12(11)20(14,18)19/h5-7,9H,2-4,8H2,1H3. The van der Waals surface area contributed by atoms with Crippen LogP contribution in [0.4, 0.5) is 4.39 Å². The van der Waals surface area contributed by atoms with E-state index in [1.165, 1.54) is 4.90 Å². The van der Waals surface area contributed by atoms with E-state index in [1.54, 1.807) is 7.05 Å². The van der Waals surface area contributed by atoms with Crippen LogP contribution in [0, 0.1) is 11.7 Å². The van der Waals surface area contributed by atoms with Gasteiger partial charge in [0.25, 0.3) is 15.0 Å². The smallest absolute Gasteiger partial charge is 0.262 e. The average Bonchev–Trinajstić information content (AvgIpc) is 2.31. The predicted octanol–water partition coefficient (Wildman–Crippen LogP) is 2.63. The van der Waals surface area contributed by atoms with E-state index in [1.807, 2.05) is 0 Å². The van der Waals surface area contributed by atoms with Crippen molar-refractivity contribution in [1.82, 2.24) is 4.90 Å². The van der Waals surface area contributed by atoms with E-state index in [0.29, 0.717) is 12.5 Å². The van der Waals surface area contributed by atoms with Gasteiger partial charge in [-0.3, -0.25) is 4.79 Å². The monoisotopic (exact) mass is 319 g/mol. The van der Waals surface area contributed by atoms with Crippen molar-refractivity contribution in [3.05, 3.63) is 29.6 Å². The molecule has 1 amide bonds. The molecule has 0 spiro atoms. The summed E-state index contributed by atoms with van der Waals surface area (Å²) in [5.41, 5.74) is -0.221. The van der Waals surface area contributed by atoms with Crippen LogP contribution in [0.3, 0.4) is 0 Å². The lowest BCUT2D eigenvalue weighted by Crippen LogP contribution is -2.34. The molecular weight excluding hydrogens is 305 g/mol. The number of rotatable bonds is 4. The molecule has 0 aliphatic heterocycles. The molecule has 0 heterocycles. The number of hydrogen-bond donors (Lipinski definition) is 0. The summed E-state index contributed by atoms with van der Waals surface area (Å²) in [7, 11) is 2.78. The SMILES string of the molecule is CN(CC1CCC1)C(=O)c1cc(F)ccc1S(=O)(=O)Cl. The van der Waals surface area contributed by atoms with Gasteiger partial charge in [0, 0.05) is 24.3 Å². The van der Waals surface area contributed by atoms with Crippen molar-refractivity contribution in [1.29, 1.82) is 0 Å². The van der Waals surface area contributed by atoms with Crippen molar-refractivity contribution < 1.29 is 17.6 Å². The van der Waals surface area contributed by atoms with E-state index in [9.17, 15) is 17.6 Å². The highest BCUT2D eigenvalue weighted by molar-refractivity contribution is 8.13. The summed E-state index contributed by atoms with van der Waals surface area (Å²) in [6.07, 6.45) is 3.26. The van der Waals surface area contributed by atoms with Gasteiger partial charge < -0.3 is 4.90 Å². The first-order chi connectivity index (χ1) is 9.29. The Labute approximate surface area is 121 Å². The van der Waals surface area contributed by atoms with Gasteiger partial charge in [0.1, 0.15) is 5.82 Å². The maximum Gasteiger partial charge on any atom is 0.262 e. The first kappa shape index (κ1) is 15.3. The van der Waals surface area contributed by atoms with Crippen LogP contribution in [-0.4, -0.2) is 32.8 Å². The minimum atomic E-state index is -4.09. The average molecular weight is 320 g/mol. The molecule has 7 heteroatoms. The largest absolute Gasteiger partial charge is 0.341 e. The Morgan fingerprint density at radius 3 is 2.60 bits per heavy atom. The van der Waals surface area contributed by atoms with Crippen LogP contribution < -0.4 is 0 Å². The van der Waals surface area contributed by atoms with E-state index >= 15 is 0 Å². The van der Waals surface area contributed by atoms with Crippen molar-refractivity contribution in [2.45, 2.75) is 24.2 Å². The third-order valence-electron chi connectivity index (χ3n) is 3.54. The van der Waals surface area contributed by atoms with Crippen LogP contribution in [0.1, 0.15) is 29.6 Å². The summed E-state index contributed by atoms with van der Waals surface area (Å²) in [5, 5.41) is 0. The summed E-state index contributed by atoms with van der Waals surface area (Å²) in [6.45, 7) is 0.539.